The molecule has 0 saturated carbocycles. The van der Waals surface area contributed by atoms with Crippen molar-refractivity contribution in [1.29, 1.82) is 0 Å². The number of nitrogens with zero attached hydrogens (tertiary/aromatic N) is 2. The molecule has 7 nitrogen and oxygen atoms in total. The molecule has 3 heterocycles. The number of rotatable bonds is 4. The van der Waals surface area contributed by atoms with Crippen molar-refractivity contribution >= 4 is 40.4 Å². The number of benzene rings is 1. The zero-order valence-electron chi connectivity index (χ0n) is 18.1. The molecule has 8 heteroatoms. The Morgan fingerprint density at radius 3 is 2.72 bits per heavy atom. The fourth-order valence-electron chi connectivity index (χ4n) is 4.16. The lowest BCUT2D eigenvalue weighted by Gasteiger charge is -2.27. The lowest BCUT2D eigenvalue weighted by Crippen LogP contribution is -2.47. The van der Waals surface area contributed by atoms with Crippen LogP contribution in [0.2, 0.25) is 0 Å². The van der Waals surface area contributed by atoms with Gasteiger partial charge in [0.25, 0.3) is 5.91 Å². The molecule has 1 N–H and O–H groups in total. The summed E-state index contributed by atoms with van der Waals surface area (Å²) in [4.78, 5) is 42.6. The smallest absolute Gasteiger partial charge is 0.261 e. The maximum atomic E-state index is 12.8. The van der Waals surface area contributed by atoms with Crippen molar-refractivity contribution in [3.8, 4) is 12.3 Å². The van der Waals surface area contributed by atoms with Gasteiger partial charge in [-0.2, -0.15) is 0 Å². The Kier molecular flexibility index (Phi) is 6.04. The van der Waals surface area contributed by atoms with Gasteiger partial charge in [-0.1, -0.05) is 5.92 Å². The van der Waals surface area contributed by atoms with E-state index in [9.17, 15) is 14.4 Å². The molecule has 3 amide bonds. The Morgan fingerprint density at radius 2 is 2.00 bits per heavy atom. The first-order chi connectivity index (χ1) is 15.3. The highest BCUT2D eigenvalue weighted by atomic mass is 32.1. The van der Waals surface area contributed by atoms with E-state index in [1.165, 1.54) is 11.3 Å². The lowest BCUT2D eigenvalue weighted by atomic mass is 10.0. The van der Waals surface area contributed by atoms with E-state index in [2.05, 4.69) is 11.2 Å². The number of carbonyl (C=O) groups excluding carboxylic acids is 3. The summed E-state index contributed by atoms with van der Waals surface area (Å²) in [7, 11) is 0. The molecule has 166 valence electrons. The normalized spacial score (nSPS) is 21.4. The van der Waals surface area contributed by atoms with E-state index in [-0.39, 0.29) is 24.1 Å². The Morgan fingerprint density at radius 1 is 1.19 bits per heavy atom. The zero-order valence-corrected chi connectivity index (χ0v) is 19.0. The van der Waals surface area contributed by atoms with Crippen molar-refractivity contribution < 1.29 is 19.1 Å². The Labute approximate surface area is 191 Å². The minimum Gasteiger partial charge on any atom is -0.379 e. The second-order valence-corrected chi connectivity index (χ2v) is 9.44. The van der Waals surface area contributed by atoms with Crippen molar-refractivity contribution in [2.45, 2.75) is 32.2 Å². The largest absolute Gasteiger partial charge is 0.379 e. The number of anilines is 2. The second kappa shape index (κ2) is 8.77. The highest BCUT2D eigenvalue weighted by molar-refractivity contribution is 7.14. The van der Waals surface area contributed by atoms with Gasteiger partial charge in [0, 0.05) is 24.5 Å². The van der Waals surface area contributed by atoms with E-state index in [4.69, 9.17) is 11.2 Å². The van der Waals surface area contributed by atoms with Crippen LogP contribution in [0.15, 0.2) is 30.3 Å². The molecule has 2 aliphatic rings. The maximum absolute atomic E-state index is 12.8. The van der Waals surface area contributed by atoms with Crippen LogP contribution in [0.5, 0.6) is 0 Å². The third-order valence-electron chi connectivity index (χ3n) is 5.74. The van der Waals surface area contributed by atoms with Crippen LogP contribution in [-0.4, -0.2) is 49.6 Å². The van der Waals surface area contributed by atoms with Crippen LogP contribution >= 0.6 is 11.3 Å². The van der Waals surface area contributed by atoms with Gasteiger partial charge < -0.3 is 19.9 Å². The molecule has 2 saturated heterocycles. The van der Waals surface area contributed by atoms with E-state index < -0.39 is 5.54 Å². The summed E-state index contributed by atoms with van der Waals surface area (Å²) in [6.07, 6.45) is 5.95. The minimum absolute atomic E-state index is 0.0347. The fourth-order valence-corrected chi connectivity index (χ4v) is 4.87. The first-order valence-electron chi connectivity index (χ1n) is 10.5. The number of ether oxygens (including phenoxy) is 1. The molecule has 2 aromatic rings. The van der Waals surface area contributed by atoms with Crippen LogP contribution in [0.4, 0.5) is 11.4 Å². The monoisotopic (exact) mass is 451 g/mol. The molecule has 0 spiro atoms. The van der Waals surface area contributed by atoms with Crippen molar-refractivity contribution in [3.63, 3.8) is 0 Å². The Balaban J connectivity index is 1.50. The average Bonchev–Trinajstić information content (AvgIpc) is 3.28. The molecule has 1 unspecified atom stereocenters. The van der Waals surface area contributed by atoms with E-state index in [1.54, 1.807) is 21.9 Å². The molecular formula is C24H25N3O4S. The van der Waals surface area contributed by atoms with E-state index in [0.29, 0.717) is 42.5 Å². The van der Waals surface area contributed by atoms with Gasteiger partial charge in [-0.15, -0.1) is 17.8 Å². The SMILES string of the molecule is C#Cc1ccc(C(=O)NC2(C)CC(=O)N(c3ccc(N4CCOCCC4=O)c(C)c3)C2)s1. The second-order valence-electron chi connectivity index (χ2n) is 8.36. The van der Waals surface area contributed by atoms with Crippen molar-refractivity contribution in [3.05, 3.63) is 45.6 Å². The summed E-state index contributed by atoms with van der Waals surface area (Å²) in [6, 6.07) is 9.08. The van der Waals surface area contributed by atoms with Gasteiger partial charge in [-0.05, 0) is 49.7 Å². The predicted molar refractivity (Wildman–Crippen MR) is 124 cm³/mol. The topological polar surface area (TPSA) is 79.0 Å². The molecule has 0 aliphatic carbocycles. The van der Waals surface area contributed by atoms with Crippen LogP contribution in [0.25, 0.3) is 0 Å². The number of thiophene rings is 1. The molecule has 1 aromatic carbocycles. The minimum atomic E-state index is -0.695. The van der Waals surface area contributed by atoms with Gasteiger partial charge in [0.2, 0.25) is 11.8 Å². The third-order valence-corrected chi connectivity index (χ3v) is 6.76. The maximum Gasteiger partial charge on any atom is 0.261 e. The first-order valence-corrected chi connectivity index (χ1v) is 11.3. The summed E-state index contributed by atoms with van der Waals surface area (Å²) in [5.41, 5.74) is 1.79. The molecule has 2 fully saturated rings. The van der Waals surface area contributed by atoms with Crippen LogP contribution in [-0.2, 0) is 14.3 Å². The number of amides is 3. The molecule has 2 aliphatic heterocycles. The molecule has 0 radical (unpaired) electrons. The summed E-state index contributed by atoms with van der Waals surface area (Å²) >= 11 is 1.25. The first kappa shape index (κ1) is 22.1. The fraction of sp³-hybridized carbons (Fsp3) is 0.375. The van der Waals surface area contributed by atoms with Crippen LogP contribution in [0.1, 0.15) is 39.9 Å². The van der Waals surface area contributed by atoms with Crippen molar-refractivity contribution in [2.75, 3.05) is 36.1 Å². The molecular weight excluding hydrogens is 426 g/mol. The van der Waals surface area contributed by atoms with Crippen LogP contribution in [0.3, 0.4) is 0 Å². The van der Waals surface area contributed by atoms with E-state index in [0.717, 1.165) is 16.9 Å². The van der Waals surface area contributed by atoms with Gasteiger partial charge in [0.1, 0.15) is 0 Å². The highest BCUT2D eigenvalue weighted by Crippen LogP contribution is 2.32. The summed E-state index contributed by atoms with van der Waals surface area (Å²) in [6.45, 7) is 5.61. The van der Waals surface area contributed by atoms with Crippen molar-refractivity contribution in [2.24, 2.45) is 0 Å². The van der Waals surface area contributed by atoms with Gasteiger partial charge in [-0.25, -0.2) is 0 Å². The molecule has 4 rings (SSSR count). The quantitative estimate of drug-likeness (QED) is 0.725. The predicted octanol–water partition coefficient (Wildman–Crippen LogP) is 2.72. The number of hydrogen-bond acceptors (Lipinski definition) is 5. The zero-order chi connectivity index (χ0) is 22.9. The van der Waals surface area contributed by atoms with Crippen LogP contribution < -0.4 is 15.1 Å². The highest BCUT2D eigenvalue weighted by Gasteiger charge is 2.41. The summed E-state index contributed by atoms with van der Waals surface area (Å²) < 4.78 is 5.41. The standard InChI is InChI=1S/C24H25N3O4S/c1-4-18-6-8-20(32-18)23(30)25-24(3)14-22(29)27(15-24)17-5-7-19(16(2)13-17)26-10-12-31-11-9-21(26)28/h1,5-8,13H,9-12,14-15H2,2-3H3,(H,25,30). The number of terminal acetylenes is 1. The van der Waals surface area contributed by atoms with Gasteiger partial charge in [0.05, 0.1) is 41.3 Å². The average molecular weight is 452 g/mol. The van der Waals surface area contributed by atoms with Gasteiger partial charge >= 0.3 is 0 Å². The lowest BCUT2D eigenvalue weighted by molar-refractivity contribution is -0.119. The Hall–Kier alpha value is -3.15. The molecule has 1 aromatic heterocycles. The van der Waals surface area contributed by atoms with Gasteiger partial charge in [0.15, 0.2) is 0 Å². The number of nitrogens with one attached hydrogen (secondary N) is 1. The van der Waals surface area contributed by atoms with Crippen molar-refractivity contribution in [1.82, 2.24) is 5.32 Å². The van der Waals surface area contributed by atoms with Crippen LogP contribution in [0, 0.1) is 19.3 Å². The summed E-state index contributed by atoms with van der Waals surface area (Å²) in [5.74, 6) is 2.27. The number of carbonyl (C=O) groups is 3. The Bertz CT molecular complexity index is 1120. The van der Waals surface area contributed by atoms with E-state index >= 15 is 0 Å². The molecule has 32 heavy (non-hydrogen) atoms. The number of aryl methyl sites for hydroxylation is 1. The summed E-state index contributed by atoms with van der Waals surface area (Å²) in [5, 5.41) is 3.00. The van der Waals surface area contributed by atoms with Gasteiger partial charge in [-0.3, -0.25) is 14.4 Å². The van der Waals surface area contributed by atoms with E-state index in [1.807, 2.05) is 32.0 Å². The third kappa shape index (κ3) is 4.40. The molecule has 1 atom stereocenters. The molecule has 0 bridgehead atoms. The number of hydrogen-bond donors (Lipinski definition) is 1.